The molecule has 112 valence electrons. The van der Waals surface area contributed by atoms with Crippen LogP contribution in [0, 0.1) is 5.82 Å². The summed E-state index contributed by atoms with van der Waals surface area (Å²) in [6.45, 7) is 0. The van der Waals surface area contributed by atoms with Crippen molar-refractivity contribution in [3.05, 3.63) is 41.5 Å². The zero-order valence-corrected chi connectivity index (χ0v) is 11.2. The molecule has 4 nitrogen and oxygen atoms in total. The summed E-state index contributed by atoms with van der Waals surface area (Å²) in [7, 11) is -2.69. The van der Waals surface area contributed by atoms with Gasteiger partial charge in [-0.05, 0) is 17.7 Å². The van der Waals surface area contributed by atoms with Crippen molar-refractivity contribution in [2.24, 2.45) is 0 Å². The number of hydrogen-bond acceptors (Lipinski definition) is 3. The molecule has 1 aromatic heterocycles. The maximum absolute atomic E-state index is 13.9. The van der Waals surface area contributed by atoms with Crippen molar-refractivity contribution in [1.29, 1.82) is 0 Å². The minimum atomic E-state index is -3.13. The van der Waals surface area contributed by atoms with E-state index in [1.807, 2.05) is 0 Å². The van der Waals surface area contributed by atoms with Crippen LogP contribution < -0.4 is 0 Å². The van der Waals surface area contributed by atoms with Crippen LogP contribution >= 0.6 is 0 Å². The zero-order valence-electron chi connectivity index (χ0n) is 10.4. The highest BCUT2D eigenvalue weighted by atomic mass is 32.2. The summed E-state index contributed by atoms with van der Waals surface area (Å²) in [6, 6.07) is 4.79. The monoisotopic (exact) mass is 319 g/mol. The third-order valence-electron chi connectivity index (χ3n) is 3.24. The topological polar surface area (TPSA) is 47.8 Å². The Morgan fingerprint density at radius 2 is 1.95 bits per heavy atom. The molecule has 0 saturated carbocycles. The van der Waals surface area contributed by atoms with E-state index in [1.54, 1.807) is 0 Å². The lowest BCUT2D eigenvalue weighted by Crippen LogP contribution is -2.10. The summed E-state index contributed by atoms with van der Waals surface area (Å²) in [6.07, 6.45) is -1.46. The number of fused-ring (bicyclic) bond motifs is 1. The molecule has 0 saturated heterocycles. The molecule has 0 N–H and O–H groups in total. The highest BCUT2D eigenvalue weighted by molar-refractivity contribution is 7.85. The van der Waals surface area contributed by atoms with Crippen LogP contribution in [0.15, 0.2) is 29.4 Å². The van der Waals surface area contributed by atoms with Gasteiger partial charge in [0.2, 0.25) is 5.16 Å². The first-order valence-electron chi connectivity index (χ1n) is 6.02. The molecule has 9 heteroatoms. The first-order chi connectivity index (χ1) is 9.97. The zero-order chi connectivity index (χ0) is 15.1. The van der Waals surface area contributed by atoms with Gasteiger partial charge in [-0.2, -0.15) is 8.78 Å². The van der Waals surface area contributed by atoms with Crippen molar-refractivity contribution in [3.8, 4) is 0 Å². The number of hydrogen-bond donors (Lipinski definition) is 0. The van der Waals surface area contributed by atoms with Crippen molar-refractivity contribution in [2.45, 2.75) is 29.5 Å². The van der Waals surface area contributed by atoms with E-state index in [0.29, 0.717) is 5.56 Å². The molecule has 0 amide bonds. The largest absolute Gasteiger partial charge is 0.319 e. The molecule has 1 aromatic carbocycles. The van der Waals surface area contributed by atoms with Crippen LogP contribution in [0.25, 0.3) is 0 Å². The Morgan fingerprint density at radius 1 is 1.29 bits per heavy atom. The number of alkyl halides is 3. The van der Waals surface area contributed by atoms with Gasteiger partial charge in [0.1, 0.15) is 5.82 Å². The minimum absolute atomic E-state index is 0.0303. The molecule has 0 spiro atoms. The Morgan fingerprint density at radius 3 is 2.57 bits per heavy atom. The van der Waals surface area contributed by atoms with Crippen molar-refractivity contribution in [3.63, 3.8) is 0 Å². The standard InChI is InChI=1S/C12H9F4N3OS/c13-7-3-1-6(2-4-7)9-5-8(14)10-17-12(18-19(9)10)21(20)11(15)16/h1-4,8-9,11H,5H2/t8-,9-,21?/m0/s1. The van der Waals surface area contributed by atoms with Crippen LogP contribution in [-0.4, -0.2) is 24.7 Å². The highest BCUT2D eigenvalue weighted by Crippen LogP contribution is 2.39. The Labute approximate surface area is 119 Å². The van der Waals surface area contributed by atoms with Crippen LogP contribution in [0.3, 0.4) is 0 Å². The lowest BCUT2D eigenvalue weighted by Gasteiger charge is -2.11. The summed E-state index contributed by atoms with van der Waals surface area (Å²) in [5, 5.41) is 3.15. The highest BCUT2D eigenvalue weighted by Gasteiger charge is 2.37. The van der Waals surface area contributed by atoms with Crippen molar-refractivity contribution in [1.82, 2.24) is 14.8 Å². The van der Waals surface area contributed by atoms with E-state index in [4.69, 9.17) is 0 Å². The third kappa shape index (κ3) is 2.45. The maximum Gasteiger partial charge on any atom is 0.319 e. The van der Waals surface area contributed by atoms with E-state index in [2.05, 4.69) is 10.1 Å². The normalized spacial score (nSPS) is 22.5. The van der Waals surface area contributed by atoms with Crippen LogP contribution in [0.1, 0.15) is 30.0 Å². The molecule has 2 heterocycles. The number of aromatic nitrogens is 3. The van der Waals surface area contributed by atoms with Gasteiger partial charge >= 0.3 is 5.76 Å². The molecule has 1 aliphatic rings. The van der Waals surface area contributed by atoms with Crippen LogP contribution in [0.2, 0.25) is 0 Å². The van der Waals surface area contributed by atoms with Gasteiger partial charge in [-0.15, -0.1) is 5.10 Å². The fourth-order valence-electron chi connectivity index (χ4n) is 2.29. The maximum atomic E-state index is 13.9. The van der Waals surface area contributed by atoms with Gasteiger partial charge in [0.25, 0.3) is 0 Å². The molecule has 21 heavy (non-hydrogen) atoms. The molecular weight excluding hydrogens is 310 g/mol. The average molecular weight is 319 g/mol. The molecular formula is C12H9F4N3OS. The average Bonchev–Trinajstić information content (AvgIpc) is 3.00. The Hall–Kier alpha value is -1.77. The first-order valence-corrected chi connectivity index (χ1v) is 7.23. The summed E-state index contributed by atoms with van der Waals surface area (Å²) in [4.78, 5) is 3.61. The van der Waals surface area contributed by atoms with E-state index in [1.165, 1.54) is 24.3 Å². The molecule has 3 rings (SSSR count). The second-order valence-electron chi connectivity index (χ2n) is 4.53. The van der Waals surface area contributed by atoms with E-state index < -0.39 is 39.7 Å². The fourth-order valence-corrected chi connectivity index (χ4v) is 2.80. The molecule has 0 aliphatic carbocycles. The van der Waals surface area contributed by atoms with E-state index in [-0.39, 0.29) is 12.2 Å². The van der Waals surface area contributed by atoms with Crippen molar-refractivity contribution < 1.29 is 21.8 Å². The molecule has 0 radical (unpaired) electrons. The number of benzene rings is 1. The summed E-state index contributed by atoms with van der Waals surface area (Å²) in [5.74, 6) is -3.70. The smallest absolute Gasteiger partial charge is 0.245 e. The van der Waals surface area contributed by atoms with Gasteiger partial charge in [0.05, 0.1) is 6.04 Å². The van der Waals surface area contributed by atoms with Crippen molar-refractivity contribution in [2.75, 3.05) is 0 Å². The van der Waals surface area contributed by atoms with E-state index in [9.17, 15) is 21.8 Å². The first kappa shape index (κ1) is 14.2. The Bertz CT molecular complexity index is 688. The molecule has 0 fully saturated rings. The minimum Gasteiger partial charge on any atom is -0.245 e. The summed E-state index contributed by atoms with van der Waals surface area (Å²) < 4.78 is 64.1. The van der Waals surface area contributed by atoms with E-state index in [0.717, 1.165) is 4.68 Å². The molecule has 2 aromatic rings. The molecule has 3 atom stereocenters. The molecule has 1 unspecified atom stereocenters. The Kier molecular flexibility index (Phi) is 3.52. The quantitative estimate of drug-likeness (QED) is 0.817. The lowest BCUT2D eigenvalue weighted by molar-refractivity contribution is 0.243. The Balaban J connectivity index is 1.99. The van der Waals surface area contributed by atoms with Gasteiger partial charge in [0, 0.05) is 6.42 Å². The van der Waals surface area contributed by atoms with Gasteiger partial charge in [-0.25, -0.2) is 22.7 Å². The van der Waals surface area contributed by atoms with Gasteiger partial charge < -0.3 is 0 Å². The predicted octanol–water partition coefficient (Wildman–Crippen LogP) is 2.75. The SMILES string of the molecule is O=S(c1nc2n(n1)[C@H](c1ccc(F)cc1)C[C@@H]2F)C(F)F. The summed E-state index contributed by atoms with van der Waals surface area (Å²) in [5.41, 5.74) is 0.581. The van der Waals surface area contributed by atoms with Gasteiger partial charge in [-0.1, -0.05) is 12.1 Å². The predicted molar refractivity (Wildman–Crippen MR) is 65.4 cm³/mol. The molecule has 0 bridgehead atoms. The second kappa shape index (κ2) is 5.21. The van der Waals surface area contributed by atoms with Gasteiger partial charge in [0.15, 0.2) is 22.8 Å². The summed E-state index contributed by atoms with van der Waals surface area (Å²) >= 11 is 0. The van der Waals surface area contributed by atoms with Crippen LogP contribution in [-0.2, 0) is 10.8 Å². The van der Waals surface area contributed by atoms with E-state index >= 15 is 0 Å². The number of halogens is 4. The van der Waals surface area contributed by atoms with Crippen LogP contribution in [0.4, 0.5) is 17.6 Å². The van der Waals surface area contributed by atoms with Gasteiger partial charge in [-0.3, -0.25) is 0 Å². The van der Waals surface area contributed by atoms with Crippen molar-refractivity contribution >= 4 is 10.8 Å². The number of nitrogens with zero attached hydrogens (tertiary/aromatic N) is 3. The van der Waals surface area contributed by atoms with Crippen LogP contribution in [0.5, 0.6) is 0 Å². The molecule has 1 aliphatic heterocycles. The fraction of sp³-hybridized carbons (Fsp3) is 0.333. The number of rotatable bonds is 3. The third-order valence-corrected chi connectivity index (χ3v) is 4.10. The second-order valence-corrected chi connectivity index (χ2v) is 5.84. The lowest BCUT2D eigenvalue weighted by atomic mass is 10.0.